The topological polar surface area (TPSA) is 17.8 Å². The van der Waals surface area contributed by atoms with Gasteiger partial charge in [0.05, 0.1) is 5.69 Å². The van der Waals surface area contributed by atoms with Crippen molar-refractivity contribution in [3.63, 3.8) is 0 Å². The molecule has 1 aromatic rings. The van der Waals surface area contributed by atoms with E-state index >= 15 is 0 Å². The molecule has 0 aliphatic rings. The van der Waals surface area contributed by atoms with Gasteiger partial charge >= 0.3 is 0 Å². The number of hydrogen-bond donors (Lipinski definition) is 0. The number of rotatable bonds is 3. The first-order chi connectivity index (χ1) is 6.97. The zero-order valence-corrected chi connectivity index (χ0v) is 10.9. The van der Waals surface area contributed by atoms with E-state index < -0.39 is 0 Å². The Labute approximate surface area is 96.9 Å². The van der Waals surface area contributed by atoms with Gasteiger partial charge < -0.3 is 0 Å². The molecule has 15 heavy (non-hydrogen) atoms. The first kappa shape index (κ1) is 12.3. The van der Waals surface area contributed by atoms with E-state index in [9.17, 15) is 0 Å². The lowest BCUT2D eigenvalue weighted by molar-refractivity contribution is 0.731. The van der Waals surface area contributed by atoms with Crippen molar-refractivity contribution in [1.82, 2.24) is 9.78 Å². The van der Waals surface area contributed by atoms with Crippen LogP contribution in [-0.4, -0.2) is 15.7 Å². The summed E-state index contributed by atoms with van der Waals surface area (Å²) in [6.07, 6.45) is 2.18. The normalized spacial score (nSPS) is 12.6. The lowest BCUT2D eigenvalue weighted by Gasteiger charge is -2.07. The Morgan fingerprint density at radius 2 is 2.07 bits per heavy atom. The summed E-state index contributed by atoms with van der Waals surface area (Å²) in [7, 11) is 1.97. The van der Waals surface area contributed by atoms with Gasteiger partial charge in [-0.25, -0.2) is 0 Å². The third-order valence-corrected chi connectivity index (χ3v) is 3.10. The average Bonchev–Trinajstić information content (AvgIpc) is 2.39. The lowest BCUT2D eigenvalue weighted by atomic mass is 10.0. The van der Waals surface area contributed by atoms with E-state index in [1.165, 1.54) is 16.8 Å². The quantitative estimate of drug-likeness (QED) is 0.724. The van der Waals surface area contributed by atoms with E-state index in [1.807, 2.05) is 18.7 Å². The Morgan fingerprint density at radius 3 is 2.40 bits per heavy atom. The molecule has 0 saturated heterocycles. The van der Waals surface area contributed by atoms with Crippen molar-refractivity contribution in [2.75, 3.05) is 5.88 Å². The second-order valence-electron chi connectivity index (χ2n) is 4.22. The SMILES string of the molecule is Cc1nn(C)c(C)c1C=C(CCl)C(C)C. The fourth-order valence-electron chi connectivity index (χ4n) is 1.54. The summed E-state index contributed by atoms with van der Waals surface area (Å²) >= 11 is 5.93. The van der Waals surface area contributed by atoms with Gasteiger partial charge in [0.15, 0.2) is 0 Å². The van der Waals surface area contributed by atoms with Crippen molar-refractivity contribution >= 4 is 17.7 Å². The van der Waals surface area contributed by atoms with Crippen LogP contribution in [0.15, 0.2) is 5.57 Å². The van der Waals surface area contributed by atoms with Gasteiger partial charge in [0, 0.05) is 24.2 Å². The zero-order valence-electron chi connectivity index (χ0n) is 10.1. The van der Waals surface area contributed by atoms with E-state index in [1.54, 1.807) is 0 Å². The minimum absolute atomic E-state index is 0.488. The third-order valence-electron chi connectivity index (χ3n) is 2.79. The van der Waals surface area contributed by atoms with Gasteiger partial charge in [-0.1, -0.05) is 25.5 Å². The smallest absolute Gasteiger partial charge is 0.0668 e. The highest BCUT2D eigenvalue weighted by Crippen LogP contribution is 2.20. The molecule has 0 aromatic carbocycles. The van der Waals surface area contributed by atoms with Crippen LogP contribution in [0.3, 0.4) is 0 Å². The van der Waals surface area contributed by atoms with Crippen LogP contribution in [0.4, 0.5) is 0 Å². The Balaban J connectivity index is 3.16. The molecule has 0 saturated carbocycles. The summed E-state index contributed by atoms with van der Waals surface area (Å²) in [4.78, 5) is 0. The minimum Gasteiger partial charge on any atom is -0.272 e. The van der Waals surface area contributed by atoms with Crippen LogP contribution in [0.25, 0.3) is 6.08 Å². The van der Waals surface area contributed by atoms with Crippen LogP contribution in [0.5, 0.6) is 0 Å². The van der Waals surface area contributed by atoms with E-state index in [0.717, 1.165) is 5.69 Å². The Morgan fingerprint density at radius 1 is 1.47 bits per heavy atom. The highest BCUT2D eigenvalue weighted by molar-refractivity contribution is 6.19. The Hall–Kier alpha value is -0.760. The molecule has 0 fully saturated rings. The first-order valence-electron chi connectivity index (χ1n) is 5.24. The number of nitrogens with zero attached hydrogens (tertiary/aromatic N) is 2. The molecule has 0 spiro atoms. The number of hydrogen-bond acceptors (Lipinski definition) is 1. The number of aromatic nitrogens is 2. The van der Waals surface area contributed by atoms with Crippen molar-refractivity contribution < 1.29 is 0 Å². The molecule has 0 aliphatic carbocycles. The van der Waals surface area contributed by atoms with Gasteiger partial charge in [0.2, 0.25) is 0 Å². The maximum Gasteiger partial charge on any atom is 0.0668 e. The molecular formula is C12H19ClN2. The van der Waals surface area contributed by atoms with Gasteiger partial charge in [-0.15, -0.1) is 11.6 Å². The van der Waals surface area contributed by atoms with Crippen molar-refractivity contribution in [2.45, 2.75) is 27.7 Å². The van der Waals surface area contributed by atoms with Crippen molar-refractivity contribution in [2.24, 2.45) is 13.0 Å². The number of halogens is 1. The summed E-state index contributed by atoms with van der Waals surface area (Å²) in [5.41, 5.74) is 4.73. The van der Waals surface area contributed by atoms with Crippen LogP contribution in [0.2, 0.25) is 0 Å². The standard InChI is InChI=1S/C12H19ClN2/c1-8(2)11(7-13)6-12-9(3)14-15(5)10(12)4/h6,8H,7H2,1-5H3. The molecule has 3 heteroatoms. The monoisotopic (exact) mass is 226 g/mol. The number of alkyl halides is 1. The van der Waals surface area contributed by atoms with E-state index in [4.69, 9.17) is 11.6 Å². The molecule has 0 bridgehead atoms. The minimum atomic E-state index is 0.488. The summed E-state index contributed by atoms with van der Waals surface area (Å²) < 4.78 is 1.91. The predicted molar refractivity (Wildman–Crippen MR) is 66.2 cm³/mol. The van der Waals surface area contributed by atoms with Crippen molar-refractivity contribution in [3.8, 4) is 0 Å². The maximum atomic E-state index is 5.93. The largest absolute Gasteiger partial charge is 0.272 e. The fourth-order valence-corrected chi connectivity index (χ4v) is 1.93. The van der Waals surface area contributed by atoms with E-state index in [0.29, 0.717) is 11.8 Å². The molecule has 1 heterocycles. The molecule has 0 N–H and O–H groups in total. The summed E-state index contributed by atoms with van der Waals surface area (Å²) in [5, 5.41) is 4.39. The molecule has 0 amide bonds. The van der Waals surface area contributed by atoms with Crippen LogP contribution in [-0.2, 0) is 7.05 Å². The maximum absolute atomic E-state index is 5.93. The van der Waals surface area contributed by atoms with Gasteiger partial charge in [0.25, 0.3) is 0 Å². The Kier molecular flexibility index (Phi) is 3.97. The number of aryl methyl sites for hydroxylation is 2. The third kappa shape index (κ3) is 2.63. The highest BCUT2D eigenvalue weighted by atomic mass is 35.5. The van der Waals surface area contributed by atoms with Crippen molar-refractivity contribution in [1.29, 1.82) is 0 Å². The molecular weight excluding hydrogens is 208 g/mol. The highest BCUT2D eigenvalue weighted by Gasteiger charge is 2.09. The summed E-state index contributed by atoms with van der Waals surface area (Å²) in [5.74, 6) is 1.08. The Bertz CT molecular complexity index is 375. The van der Waals surface area contributed by atoms with Crippen LogP contribution >= 0.6 is 11.6 Å². The van der Waals surface area contributed by atoms with Crippen LogP contribution in [0.1, 0.15) is 30.8 Å². The molecule has 1 aromatic heterocycles. The fraction of sp³-hybridized carbons (Fsp3) is 0.583. The molecule has 0 radical (unpaired) electrons. The van der Waals surface area contributed by atoms with Crippen molar-refractivity contribution in [3.05, 3.63) is 22.5 Å². The molecule has 0 aliphatic heterocycles. The van der Waals surface area contributed by atoms with E-state index in [-0.39, 0.29) is 0 Å². The molecule has 0 unspecified atom stereocenters. The van der Waals surface area contributed by atoms with Gasteiger partial charge in [-0.2, -0.15) is 5.10 Å². The molecule has 0 atom stereocenters. The first-order valence-corrected chi connectivity index (χ1v) is 5.77. The zero-order chi connectivity index (χ0) is 11.6. The second kappa shape index (κ2) is 4.84. The van der Waals surface area contributed by atoms with Gasteiger partial charge in [-0.3, -0.25) is 4.68 Å². The van der Waals surface area contributed by atoms with Gasteiger partial charge in [-0.05, 0) is 19.8 Å². The summed E-state index contributed by atoms with van der Waals surface area (Å²) in [6.45, 7) is 8.44. The van der Waals surface area contributed by atoms with E-state index in [2.05, 4.69) is 31.9 Å². The average molecular weight is 227 g/mol. The van der Waals surface area contributed by atoms with Crippen LogP contribution in [0, 0.1) is 19.8 Å². The molecule has 2 nitrogen and oxygen atoms in total. The predicted octanol–water partition coefficient (Wildman–Crippen LogP) is 3.32. The molecule has 1 rings (SSSR count). The second-order valence-corrected chi connectivity index (χ2v) is 4.48. The summed E-state index contributed by atoms with van der Waals surface area (Å²) in [6, 6.07) is 0. The number of allylic oxidation sites excluding steroid dienone is 1. The lowest BCUT2D eigenvalue weighted by Crippen LogP contribution is -1.96. The van der Waals surface area contributed by atoms with Gasteiger partial charge in [0.1, 0.15) is 0 Å². The molecule has 84 valence electrons. The van der Waals surface area contributed by atoms with Crippen LogP contribution < -0.4 is 0 Å².